The molecular formula is C70H56BN3S. The summed E-state index contributed by atoms with van der Waals surface area (Å²) in [6.07, 6.45) is 0. The maximum atomic E-state index is 2.80. The highest BCUT2D eigenvalue weighted by Crippen LogP contribution is 2.56. The van der Waals surface area contributed by atoms with Crippen molar-refractivity contribution in [3.05, 3.63) is 240 Å². The lowest BCUT2D eigenvalue weighted by Gasteiger charge is -2.47. The predicted octanol–water partition coefficient (Wildman–Crippen LogP) is 18.0. The molecule has 0 fully saturated rings. The molecule has 3 aliphatic rings. The quantitative estimate of drug-likeness (QED) is 0.159. The first-order valence-corrected chi connectivity index (χ1v) is 27.4. The molecular weight excluding hydrogens is 926 g/mol. The topological polar surface area (TPSA) is 11.4 Å². The Labute approximate surface area is 444 Å². The van der Waals surface area contributed by atoms with Crippen LogP contribution in [0.3, 0.4) is 0 Å². The smallest absolute Gasteiger partial charge is 0.333 e. The van der Waals surface area contributed by atoms with Crippen molar-refractivity contribution in [2.24, 2.45) is 0 Å². The van der Waals surface area contributed by atoms with E-state index in [0.717, 1.165) is 17.1 Å². The summed E-state index contributed by atoms with van der Waals surface area (Å²) in [5, 5.41) is 5.09. The first-order chi connectivity index (χ1) is 36.4. The summed E-state index contributed by atoms with van der Waals surface area (Å²) in [5.74, 6) is 0. The summed E-state index contributed by atoms with van der Waals surface area (Å²) < 4.78 is 5.44. The average Bonchev–Trinajstić information content (AvgIpc) is 4.01. The van der Waals surface area contributed by atoms with Crippen LogP contribution in [0, 0.1) is 0 Å². The van der Waals surface area contributed by atoms with Gasteiger partial charge in [0.1, 0.15) is 0 Å². The van der Waals surface area contributed by atoms with Crippen molar-refractivity contribution < 1.29 is 0 Å². The van der Waals surface area contributed by atoms with E-state index < -0.39 is 0 Å². The molecule has 0 spiro atoms. The van der Waals surface area contributed by atoms with Crippen molar-refractivity contribution in [1.29, 1.82) is 0 Å². The molecule has 0 atom stereocenters. The lowest BCUT2D eigenvalue weighted by atomic mass is 9.43. The van der Waals surface area contributed by atoms with E-state index in [2.05, 4.69) is 275 Å². The van der Waals surface area contributed by atoms with E-state index in [1.54, 1.807) is 0 Å². The van der Waals surface area contributed by atoms with E-state index >= 15 is 0 Å². The molecule has 12 aromatic rings. The van der Waals surface area contributed by atoms with E-state index in [1.165, 1.54) is 120 Å². The molecule has 3 nitrogen and oxygen atoms in total. The second-order valence-electron chi connectivity index (χ2n) is 23.3. The van der Waals surface area contributed by atoms with Crippen LogP contribution in [0.4, 0.5) is 34.1 Å². The second-order valence-corrected chi connectivity index (χ2v) is 24.3. The highest BCUT2D eigenvalue weighted by molar-refractivity contribution is 7.27. The second kappa shape index (κ2) is 15.7. The molecule has 0 amide bonds. The van der Waals surface area contributed by atoms with Gasteiger partial charge in [0.15, 0.2) is 0 Å². The number of anilines is 6. The van der Waals surface area contributed by atoms with Crippen LogP contribution in [0.5, 0.6) is 0 Å². The minimum absolute atomic E-state index is 0.0551. The number of fused-ring (bicyclic) bond motifs is 13. The lowest BCUT2D eigenvalue weighted by Crippen LogP contribution is -2.57. The molecule has 1 aliphatic carbocycles. The fourth-order valence-corrected chi connectivity index (χ4v) is 14.9. The van der Waals surface area contributed by atoms with Gasteiger partial charge in [-0.2, -0.15) is 0 Å². The van der Waals surface area contributed by atoms with Crippen molar-refractivity contribution >= 4 is 105 Å². The summed E-state index contributed by atoms with van der Waals surface area (Å²) in [5.41, 5.74) is 23.7. The van der Waals surface area contributed by atoms with Gasteiger partial charge in [-0.25, -0.2) is 0 Å². The molecule has 0 saturated carbocycles. The molecule has 0 bridgehead atoms. The first-order valence-electron chi connectivity index (χ1n) is 26.6. The van der Waals surface area contributed by atoms with Crippen LogP contribution in [0.2, 0.25) is 0 Å². The molecule has 2 aromatic heterocycles. The largest absolute Gasteiger partial charge is 0.374 e. The van der Waals surface area contributed by atoms with Gasteiger partial charge < -0.3 is 14.3 Å². The van der Waals surface area contributed by atoms with Crippen molar-refractivity contribution in [1.82, 2.24) is 4.48 Å². The first kappa shape index (κ1) is 44.4. The number of benzene rings is 10. The fourth-order valence-electron chi connectivity index (χ4n) is 13.7. The Morgan fingerprint density at radius 1 is 0.467 bits per heavy atom. The molecule has 0 saturated heterocycles. The third-order valence-corrected chi connectivity index (χ3v) is 18.5. The van der Waals surface area contributed by atoms with Gasteiger partial charge in [-0.3, -0.25) is 0 Å². The zero-order chi connectivity index (χ0) is 50.7. The minimum Gasteiger partial charge on any atom is -0.374 e. The average molecular weight is 982 g/mol. The van der Waals surface area contributed by atoms with E-state index in [-0.39, 0.29) is 23.1 Å². The van der Waals surface area contributed by atoms with Crippen LogP contribution in [-0.4, -0.2) is 11.3 Å². The number of hydrogen-bond acceptors (Lipinski definition) is 3. The third kappa shape index (κ3) is 6.22. The molecule has 0 unspecified atom stereocenters. The lowest BCUT2D eigenvalue weighted by molar-refractivity contribution is 0.521. The molecule has 10 aromatic carbocycles. The van der Waals surface area contributed by atoms with Crippen molar-refractivity contribution in [2.45, 2.75) is 64.7 Å². The summed E-state index contributed by atoms with van der Waals surface area (Å²) in [6.45, 7) is 16.7. The summed E-state index contributed by atoms with van der Waals surface area (Å²) >= 11 is 1.94. The third-order valence-electron chi connectivity index (χ3n) is 17.3. The van der Waals surface area contributed by atoms with Crippen LogP contribution >= 0.6 is 11.3 Å². The predicted molar refractivity (Wildman–Crippen MR) is 322 cm³/mol. The number of para-hydroxylation sites is 2. The van der Waals surface area contributed by atoms with Gasteiger partial charge in [-0.15, -0.1) is 11.3 Å². The van der Waals surface area contributed by atoms with Gasteiger partial charge in [-0.1, -0.05) is 194 Å². The van der Waals surface area contributed by atoms with Gasteiger partial charge in [-0.05, 0) is 133 Å². The minimum atomic E-state index is -0.258. The van der Waals surface area contributed by atoms with Crippen LogP contribution < -0.4 is 20.7 Å². The SMILES string of the molecule is CC(C)(C)c1ccc(N2c3cc4c(cc3B3c5c2cc2ccccc2c5-c2cc(N(c5ccccc5)c5ccccc5)cc5c6sc7ccccc7c6n3c25)C(C)(C)c2ccccc2C4(C)C)c(-c2ccccc2)c1. The molecule has 15 rings (SSSR count). The highest BCUT2D eigenvalue weighted by Gasteiger charge is 2.49. The fraction of sp³-hybridized carbons (Fsp3) is 0.143. The summed E-state index contributed by atoms with van der Waals surface area (Å²) in [4.78, 5) is 5.14. The molecule has 5 heteroatoms. The standard InChI is InChI=1S/C70H56BN3S/c1-68(2,3)45-35-36-59(51(38-45)43-23-11-8-12-24-43)73-60-42-57-56(69(4,5)54-32-20-21-33-55(54)70(57,6)7)41-58(60)71-64-61(73)37-44-25-17-18-30-49(44)63(64)52-39-48(72(46-26-13-9-14-27-46)47-28-15-10-16-29-47)40-53-65(52)74(71)66-50-31-19-22-34-62(50)75-67(53)66/h8-42H,1-7H3. The molecule has 360 valence electrons. The van der Waals surface area contributed by atoms with E-state index in [1.807, 2.05) is 11.3 Å². The Kier molecular flexibility index (Phi) is 9.29. The van der Waals surface area contributed by atoms with Gasteiger partial charge in [0.2, 0.25) is 0 Å². The molecule has 75 heavy (non-hydrogen) atoms. The van der Waals surface area contributed by atoms with Gasteiger partial charge in [0, 0.05) is 71.4 Å². The number of rotatable bonds is 5. The molecule has 4 heterocycles. The van der Waals surface area contributed by atoms with Crippen molar-refractivity contribution in [3.8, 4) is 22.3 Å². The molecule has 2 aliphatic heterocycles. The number of aromatic nitrogens is 1. The maximum absolute atomic E-state index is 2.80. The highest BCUT2D eigenvalue weighted by atomic mass is 32.1. The Hall–Kier alpha value is -8.12. The van der Waals surface area contributed by atoms with Gasteiger partial charge in [0.05, 0.1) is 15.9 Å². The molecule has 0 radical (unpaired) electrons. The summed E-state index contributed by atoms with van der Waals surface area (Å²) in [6, 6.07) is 80.6. The number of hydrogen-bond donors (Lipinski definition) is 0. The van der Waals surface area contributed by atoms with Crippen LogP contribution in [0.1, 0.15) is 76.3 Å². The Morgan fingerprint density at radius 2 is 1.07 bits per heavy atom. The zero-order valence-electron chi connectivity index (χ0n) is 43.5. The van der Waals surface area contributed by atoms with Crippen molar-refractivity contribution in [3.63, 3.8) is 0 Å². The number of nitrogens with zero attached hydrogens (tertiary/aromatic N) is 3. The monoisotopic (exact) mass is 981 g/mol. The Balaban J connectivity index is 1.14. The zero-order valence-corrected chi connectivity index (χ0v) is 44.4. The van der Waals surface area contributed by atoms with Crippen molar-refractivity contribution in [2.75, 3.05) is 9.80 Å². The number of thiophene rings is 1. The van der Waals surface area contributed by atoms with Crippen LogP contribution in [0.15, 0.2) is 212 Å². The Bertz CT molecular complexity index is 4310. The maximum Gasteiger partial charge on any atom is 0.333 e. The van der Waals surface area contributed by atoms with E-state index in [9.17, 15) is 0 Å². The normalized spacial score (nSPS) is 14.8. The van der Waals surface area contributed by atoms with Gasteiger partial charge in [0.25, 0.3) is 0 Å². The van der Waals surface area contributed by atoms with Crippen LogP contribution in [0.25, 0.3) is 64.2 Å². The van der Waals surface area contributed by atoms with E-state index in [0.29, 0.717) is 0 Å². The van der Waals surface area contributed by atoms with Gasteiger partial charge >= 0.3 is 6.85 Å². The van der Waals surface area contributed by atoms with Crippen LogP contribution in [-0.2, 0) is 16.2 Å². The summed E-state index contributed by atoms with van der Waals surface area (Å²) in [7, 11) is 0. The van der Waals surface area contributed by atoms with E-state index in [4.69, 9.17) is 0 Å². The Morgan fingerprint density at radius 3 is 1.75 bits per heavy atom. The molecule has 0 N–H and O–H groups in total.